The zero-order valence-electron chi connectivity index (χ0n) is 14.8. The van der Waals surface area contributed by atoms with Crippen LogP contribution in [0.3, 0.4) is 0 Å². The van der Waals surface area contributed by atoms with E-state index in [1.54, 1.807) is 0 Å². The number of fused-ring (bicyclic) bond motifs is 1. The first-order valence-corrected chi connectivity index (χ1v) is 8.88. The summed E-state index contributed by atoms with van der Waals surface area (Å²) in [5, 5.41) is 4.15. The topological polar surface area (TPSA) is 42.2 Å². The molecule has 0 bridgehead atoms. The summed E-state index contributed by atoms with van der Waals surface area (Å²) in [5.74, 6) is 1.33. The summed E-state index contributed by atoms with van der Waals surface area (Å²) in [6.45, 7) is 2.74. The van der Waals surface area contributed by atoms with Crippen LogP contribution in [0.5, 0.6) is 0 Å². The van der Waals surface area contributed by atoms with Crippen LogP contribution in [-0.2, 0) is 13.0 Å². The first-order valence-electron chi connectivity index (χ1n) is 8.88. The largest absolute Gasteiger partial charge is 0.338 e. The van der Waals surface area contributed by atoms with E-state index in [0.717, 1.165) is 5.56 Å². The van der Waals surface area contributed by atoms with Crippen LogP contribution in [0.1, 0.15) is 41.5 Å². The quantitative estimate of drug-likeness (QED) is 0.702. The fourth-order valence-electron chi connectivity index (χ4n) is 3.65. The number of nitrogens with zero attached hydrogens (tertiary/aromatic N) is 3. The third-order valence-electron chi connectivity index (χ3n) is 5.03. The summed E-state index contributed by atoms with van der Waals surface area (Å²) in [5.41, 5.74) is 5.13. The van der Waals surface area contributed by atoms with E-state index < -0.39 is 0 Å². The average molecular weight is 333 g/mol. The van der Waals surface area contributed by atoms with E-state index in [9.17, 15) is 0 Å². The van der Waals surface area contributed by atoms with E-state index in [1.165, 1.54) is 36.0 Å². The van der Waals surface area contributed by atoms with Gasteiger partial charge in [-0.3, -0.25) is 4.90 Å². The Morgan fingerprint density at radius 3 is 2.76 bits per heavy atom. The molecule has 0 radical (unpaired) electrons. The molecule has 128 valence electrons. The lowest BCUT2D eigenvalue weighted by molar-refractivity contribution is 0.187. The van der Waals surface area contributed by atoms with Crippen molar-refractivity contribution in [3.63, 3.8) is 0 Å². The molecule has 4 nitrogen and oxygen atoms in total. The Labute approximate surface area is 148 Å². The van der Waals surface area contributed by atoms with Gasteiger partial charge in [0, 0.05) is 11.6 Å². The second-order valence-corrected chi connectivity index (χ2v) is 6.90. The number of hydrogen-bond acceptors (Lipinski definition) is 4. The first kappa shape index (κ1) is 16.0. The lowest BCUT2D eigenvalue weighted by Crippen LogP contribution is -2.27. The minimum atomic E-state index is 0.416. The van der Waals surface area contributed by atoms with E-state index in [-0.39, 0.29) is 0 Å². The molecule has 1 aromatic heterocycles. The highest BCUT2D eigenvalue weighted by Gasteiger charge is 2.24. The van der Waals surface area contributed by atoms with Gasteiger partial charge in [-0.05, 0) is 44.4 Å². The Kier molecular flexibility index (Phi) is 4.36. The van der Waals surface area contributed by atoms with Crippen LogP contribution < -0.4 is 0 Å². The Morgan fingerprint density at radius 1 is 1.12 bits per heavy atom. The minimum Gasteiger partial charge on any atom is -0.338 e. The summed E-state index contributed by atoms with van der Waals surface area (Å²) >= 11 is 0. The van der Waals surface area contributed by atoms with Gasteiger partial charge in [-0.15, -0.1) is 0 Å². The van der Waals surface area contributed by atoms with Crippen LogP contribution in [0, 0.1) is 6.92 Å². The highest BCUT2D eigenvalue weighted by atomic mass is 16.5. The highest BCUT2D eigenvalue weighted by Crippen LogP contribution is 2.34. The average Bonchev–Trinajstić information content (AvgIpc) is 3.10. The maximum atomic E-state index is 5.50. The van der Waals surface area contributed by atoms with Gasteiger partial charge >= 0.3 is 0 Å². The maximum Gasteiger partial charge on any atom is 0.241 e. The molecule has 3 aromatic rings. The Morgan fingerprint density at radius 2 is 1.92 bits per heavy atom. The van der Waals surface area contributed by atoms with Gasteiger partial charge in [-0.2, -0.15) is 4.98 Å². The van der Waals surface area contributed by atoms with Crippen molar-refractivity contribution in [2.24, 2.45) is 0 Å². The number of aryl methyl sites for hydroxylation is 2. The van der Waals surface area contributed by atoms with Gasteiger partial charge in [0.05, 0.1) is 6.54 Å². The van der Waals surface area contributed by atoms with Crippen molar-refractivity contribution in [1.29, 1.82) is 0 Å². The third kappa shape index (κ3) is 3.35. The summed E-state index contributed by atoms with van der Waals surface area (Å²) in [6, 6.07) is 17.4. The molecule has 0 saturated carbocycles. The summed E-state index contributed by atoms with van der Waals surface area (Å²) in [6.07, 6.45) is 3.58. The van der Waals surface area contributed by atoms with Crippen LogP contribution in [0.25, 0.3) is 11.4 Å². The summed E-state index contributed by atoms with van der Waals surface area (Å²) < 4.78 is 5.50. The van der Waals surface area contributed by atoms with Gasteiger partial charge in [0.2, 0.25) is 11.7 Å². The molecule has 4 rings (SSSR count). The molecule has 1 atom stereocenters. The molecular weight excluding hydrogens is 310 g/mol. The predicted octanol–water partition coefficient (Wildman–Crippen LogP) is 4.55. The molecule has 1 unspecified atom stereocenters. The first-order chi connectivity index (χ1) is 12.2. The summed E-state index contributed by atoms with van der Waals surface area (Å²) in [7, 11) is 2.14. The van der Waals surface area contributed by atoms with Crippen molar-refractivity contribution >= 4 is 0 Å². The molecule has 0 N–H and O–H groups in total. The highest BCUT2D eigenvalue weighted by molar-refractivity contribution is 5.54. The zero-order valence-corrected chi connectivity index (χ0v) is 14.8. The second kappa shape index (κ2) is 6.81. The number of rotatable bonds is 4. The molecule has 2 aromatic carbocycles. The van der Waals surface area contributed by atoms with E-state index in [1.807, 2.05) is 12.1 Å². The van der Waals surface area contributed by atoms with Gasteiger partial charge in [0.25, 0.3) is 0 Å². The van der Waals surface area contributed by atoms with Gasteiger partial charge in [0.1, 0.15) is 0 Å². The van der Waals surface area contributed by atoms with Crippen molar-refractivity contribution < 1.29 is 4.52 Å². The number of hydrogen-bond donors (Lipinski definition) is 0. The Balaban J connectivity index is 1.50. The van der Waals surface area contributed by atoms with E-state index in [0.29, 0.717) is 24.3 Å². The van der Waals surface area contributed by atoms with Crippen molar-refractivity contribution in [3.8, 4) is 11.4 Å². The molecule has 0 saturated heterocycles. The molecule has 0 amide bonds. The smallest absolute Gasteiger partial charge is 0.241 e. The van der Waals surface area contributed by atoms with Crippen molar-refractivity contribution in [1.82, 2.24) is 15.0 Å². The molecular formula is C21H23N3O. The van der Waals surface area contributed by atoms with Crippen LogP contribution in [-0.4, -0.2) is 22.1 Å². The van der Waals surface area contributed by atoms with Gasteiger partial charge in [0.15, 0.2) is 0 Å². The van der Waals surface area contributed by atoms with Gasteiger partial charge in [-0.25, -0.2) is 0 Å². The van der Waals surface area contributed by atoms with E-state index in [2.05, 4.69) is 65.4 Å². The van der Waals surface area contributed by atoms with Crippen molar-refractivity contribution in [2.75, 3.05) is 7.05 Å². The molecule has 0 aliphatic heterocycles. The van der Waals surface area contributed by atoms with E-state index in [4.69, 9.17) is 4.52 Å². The summed E-state index contributed by atoms with van der Waals surface area (Å²) in [4.78, 5) is 6.91. The van der Waals surface area contributed by atoms with Crippen LogP contribution in [0.15, 0.2) is 53.1 Å². The standard InChI is InChI=1S/C21H23N3O/c1-15-10-12-17(13-11-15)21-22-20(25-23-21)14-24(2)19-9-5-7-16-6-3-4-8-18(16)19/h3-4,6,8,10-13,19H,5,7,9,14H2,1-2H3. The Bertz CT molecular complexity index is 854. The van der Waals surface area contributed by atoms with Crippen LogP contribution in [0.4, 0.5) is 0 Å². The molecule has 25 heavy (non-hydrogen) atoms. The zero-order chi connectivity index (χ0) is 17.2. The molecule has 1 aliphatic carbocycles. The Hall–Kier alpha value is -2.46. The fourth-order valence-corrected chi connectivity index (χ4v) is 3.65. The van der Waals surface area contributed by atoms with Crippen LogP contribution in [0.2, 0.25) is 0 Å². The SMILES string of the molecule is Cc1ccc(-c2noc(CN(C)C3CCCc4ccccc43)n2)cc1. The monoisotopic (exact) mass is 333 g/mol. The maximum absolute atomic E-state index is 5.50. The second-order valence-electron chi connectivity index (χ2n) is 6.90. The predicted molar refractivity (Wildman–Crippen MR) is 98.1 cm³/mol. The molecule has 0 fully saturated rings. The third-order valence-corrected chi connectivity index (χ3v) is 5.03. The number of aromatic nitrogens is 2. The van der Waals surface area contributed by atoms with Crippen molar-refractivity contribution in [3.05, 3.63) is 71.1 Å². The fraction of sp³-hybridized carbons (Fsp3) is 0.333. The molecule has 1 aliphatic rings. The lowest BCUT2D eigenvalue weighted by Gasteiger charge is -2.32. The minimum absolute atomic E-state index is 0.416. The van der Waals surface area contributed by atoms with Crippen LogP contribution >= 0.6 is 0 Å². The van der Waals surface area contributed by atoms with E-state index >= 15 is 0 Å². The molecule has 0 spiro atoms. The normalized spacial score (nSPS) is 16.8. The van der Waals surface area contributed by atoms with Gasteiger partial charge < -0.3 is 4.52 Å². The molecule has 4 heteroatoms. The lowest BCUT2D eigenvalue weighted by atomic mass is 9.87. The van der Waals surface area contributed by atoms with Gasteiger partial charge in [-0.1, -0.05) is 59.3 Å². The van der Waals surface area contributed by atoms with Crippen molar-refractivity contribution in [2.45, 2.75) is 38.8 Å². The number of benzene rings is 2. The molecule has 1 heterocycles.